The Hall–Kier alpha value is -3.20. The number of hydrogen-bond acceptors (Lipinski definition) is 5. The Labute approximate surface area is 170 Å². The van der Waals surface area contributed by atoms with Crippen LogP contribution in [-0.2, 0) is 6.18 Å². The number of aromatic carboxylic acids is 1. The van der Waals surface area contributed by atoms with Gasteiger partial charge in [0.15, 0.2) is 0 Å². The predicted molar refractivity (Wildman–Crippen MR) is 105 cm³/mol. The number of hydrogen-bond donors (Lipinski definition) is 2. The van der Waals surface area contributed by atoms with E-state index in [0.717, 1.165) is 31.6 Å². The zero-order chi connectivity index (χ0) is 21.3. The van der Waals surface area contributed by atoms with E-state index in [9.17, 15) is 23.1 Å². The molecule has 0 bridgehead atoms. The van der Waals surface area contributed by atoms with Crippen molar-refractivity contribution in [3.05, 3.63) is 65.5 Å². The maximum Gasteiger partial charge on any atom is 0.416 e. The van der Waals surface area contributed by atoms with Crippen LogP contribution in [0.15, 0.2) is 48.8 Å². The van der Waals surface area contributed by atoms with Gasteiger partial charge in [-0.2, -0.15) is 13.2 Å². The minimum absolute atomic E-state index is 0.0383. The molecule has 2 aromatic carbocycles. The summed E-state index contributed by atoms with van der Waals surface area (Å²) in [4.78, 5) is 22.0. The van der Waals surface area contributed by atoms with Gasteiger partial charge in [0.05, 0.1) is 22.7 Å². The fourth-order valence-corrected chi connectivity index (χ4v) is 3.53. The molecule has 0 saturated carbocycles. The summed E-state index contributed by atoms with van der Waals surface area (Å²) in [5.74, 6) is -0.730. The highest BCUT2D eigenvalue weighted by molar-refractivity contribution is 6.04. The summed E-state index contributed by atoms with van der Waals surface area (Å²) in [6, 6.07) is 9.51. The van der Waals surface area contributed by atoms with E-state index in [2.05, 4.69) is 20.2 Å². The summed E-state index contributed by atoms with van der Waals surface area (Å²) in [7, 11) is 0. The normalized spacial score (nSPS) is 15.6. The Balaban J connectivity index is 1.73. The number of rotatable bonds is 6. The first kappa shape index (κ1) is 20.1. The largest absolute Gasteiger partial charge is 0.478 e. The first-order valence-electron chi connectivity index (χ1n) is 9.46. The van der Waals surface area contributed by atoms with Crippen LogP contribution in [0, 0.1) is 0 Å². The predicted octanol–water partition coefficient (Wildman–Crippen LogP) is 4.21. The van der Waals surface area contributed by atoms with Crippen molar-refractivity contribution in [1.82, 2.24) is 14.9 Å². The molecule has 30 heavy (non-hydrogen) atoms. The summed E-state index contributed by atoms with van der Waals surface area (Å²) in [5, 5.41) is 13.1. The van der Waals surface area contributed by atoms with Crippen LogP contribution in [0.3, 0.4) is 0 Å². The van der Waals surface area contributed by atoms with Crippen molar-refractivity contribution in [2.24, 2.45) is 0 Å². The molecule has 6 nitrogen and oxygen atoms in total. The van der Waals surface area contributed by atoms with Gasteiger partial charge < -0.3 is 15.3 Å². The zero-order valence-electron chi connectivity index (χ0n) is 15.9. The number of carbonyl (C=O) groups is 1. The average molecular weight is 416 g/mol. The van der Waals surface area contributed by atoms with E-state index >= 15 is 0 Å². The Morgan fingerprint density at radius 2 is 1.93 bits per heavy atom. The molecular formula is C21H19F3N4O2. The van der Waals surface area contributed by atoms with Crippen LogP contribution in [0.4, 0.5) is 19.0 Å². The lowest BCUT2D eigenvalue weighted by Crippen LogP contribution is -2.41. The zero-order valence-corrected chi connectivity index (χ0v) is 15.9. The van der Waals surface area contributed by atoms with Crippen LogP contribution < -0.4 is 5.32 Å². The van der Waals surface area contributed by atoms with Gasteiger partial charge in [-0.25, -0.2) is 14.8 Å². The SMILES string of the molecule is O=C(O)c1cccc2c(N[C@H](CN3CCC3)c3cccc(C(F)(F)F)c3)ncnc12. The molecule has 1 saturated heterocycles. The Bertz CT molecular complexity index is 1080. The van der Waals surface area contributed by atoms with E-state index in [1.807, 2.05) is 0 Å². The summed E-state index contributed by atoms with van der Waals surface area (Å²) >= 11 is 0. The van der Waals surface area contributed by atoms with E-state index in [1.54, 1.807) is 18.2 Å². The second-order valence-corrected chi connectivity index (χ2v) is 7.20. The van der Waals surface area contributed by atoms with Crippen LogP contribution in [0.2, 0.25) is 0 Å². The molecule has 1 aliphatic heterocycles. The molecular weight excluding hydrogens is 397 g/mol. The van der Waals surface area contributed by atoms with Gasteiger partial charge in [-0.05, 0) is 49.3 Å². The number of halogens is 3. The van der Waals surface area contributed by atoms with E-state index < -0.39 is 23.8 Å². The number of nitrogens with one attached hydrogen (secondary N) is 1. The van der Waals surface area contributed by atoms with Gasteiger partial charge in [0.25, 0.3) is 0 Å². The standard InChI is InChI=1S/C21H19F3N4O2/c22-21(23,24)14-5-1-4-13(10-14)17(11-28-8-3-9-28)27-19-15-6-2-7-16(20(29)30)18(15)25-12-26-19/h1-2,4-7,10,12,17H,3,8-9,11H2,(H,29,30)(H,25,26,27)/t17-/m1/s1. The van der Waals surface area contributed by atoms with Crippen LogP contribution in [0.25, 0.3) is 10.9 Å². The lowest BCUT2D eigenvalue weighted by atomic mass is 10.0. The number of nitrogens with zero attached hydrogens (tertiary/aromatic N) is 3. The number of para-hydroxylation sites is 1. The number of aromatic nitrogens is 2. The van der Waals surface area contributed by atoms with Crippen LogP contribution in [0.5, 0.6) is 0 Å². The van der Waals surface area contributed by atoms with Gasteiger partial charge in [0.2, 0.25) is 0 Å². The number of carboxylic acids is 1. The highest BCUT2D eigenvalue weighted by Crippen LogP contribution is 2.33. The third-order valence-electron chi connectivity index (χ3n) is 5.21. The molecule has 0 aliphatic carbocycles. The molecule has 0 radical (unpaired) electrons. The Morgan fingerprint density at radius 3 is 2.60 bits per heavy atom. The molecule has 2 heterocycles. The van der Waals surface area contributed by atoms with Crippen molar-refractivity contribution in [2.75, 3.05) is 25.0 Å². The van der Waals surface area contributed by atoms with Crippen LogP contribution >= 0.6 is 0 Å². The third kappa shape index (κ3) is 4.06. The van der Waals surface area contributed by atoms with Gasteiger partial charge in [-0.15, -0.1) is 0 Å². The lowest BCUT2D eigenvalue weighted by molar-refractivity contribution is -0.137. The molecule has 0 amide bonds. The van der Waals surface area contributed by atoms with Gasteiger partial charge in [-0.1, -0.05) is 18.2 Å². The topological polar surface area (TPSA) is 78.4 Å². The molecule has 1 fully saturated rings. The highest BCUT2D eigenvalue weighted by Gasteiger charge is 2.31. The van der Waals surface area contributed by atoms with Gasteiger partial charge in [0.1, 0.15) is 12.1 Å². The number of alkyl halides is 3. The van der Waals surface area contributed by atoms with Crippen LogP contribution in [-0.4, -0.2) is 45.6 Å². The minimum atomic E-state index is -4.44. The minimum Gasteiger partial charge on any atom is -0.478 e. The molecule has 4 rings (SSSR count). The average Bonchev–Trinajstić information content (AvgIpc) is 2.68. The fraction of sp³-hybridized carbons (Fsp3) is 0.286. The van der Waals surface area contributed by atoms with E-state index in [1.165, 1.54) is 18.5 Å². The van der Waals surface area contributed by atoms with Gasteiger partial charge in [-0.3, -0.25) is 0 Å². The van der Waals surface area contributed by atoms with Crippen molar-refractivity contribution in [2.45, 2.75) is 18.6 Å². The van der Waals surface area contributed by atoms with E-state index in [-0.39, 0.29) is 11.1 Å². The molecule has 2 N–H and O–H groups in total. The summed E-state index contributed by atoms with van der Waals surface area (Å²) in [6.45, 7) is 2.26. The van der Waals surface area contributed by atoms with Crippen molar-refractivity contribution in [3.8, 4) is 0 Å². The molecule has 1 atom stereocenters. The summed E-state index contributed by atoms with van der Waals surface area (Å²) in [6.07, 6.45) is -2.13. The lowest BCUT2D eigenvalue weighted by Gasteiger charge is -2.35. The number of carboxylic acid groups (broad SMARTS) is 1. The first-order valence-corrected chi connectivity index (χ1v) is 9.46. The van der Waals surface area contributed by atoms with Crippen molar-refractivity contribution in [3.63, 3.8) is 0 Å². The van der Waals surface area contributed by atoms with Crippen LogP contribution in [0.1, 0.15) is 33.9 Å². The smallest absolute Gasteiger partial charge is 0.416 e. The Morgan fingerprint density at radius 1 is 1.17 bits per heavy atom. The summed E-state index contributed by atoms with van der Waals surface area (Å²) in [5.41, 5.74) is 0.0829. The number of anilines is 1. The second-order valence-electron chi connectivity index (χ2n) is 7.20. The molecule has 1 aromatic heterocycles. The van der Waals surface area contributed by atoms with Gasteiger partial charge in [0, 0.05) is 11.9 Å². The van der Waals surface area contributed by atoms with Crippen molar-refractivity contribution in [1.29, 1.82) is 0 Å². The van der Waals surface area contributed by atoms with Gasteiger partial charge >= 0.3 is 12.1 Å². The number of benzene rings is 2. The van der Waals surface area contributed by atoms with E-state index in [4.69, 9.17) is 0 Å². The molecule has 3 aromatic rings. The number of fused-ring (bicyclic) bond motifs is 1. The third-order valence-corrected chi connectivity index (χ3v) is 5.21. The Kier molecular flexibility index (Phi) is 5.29. The maximum atomic E-state index is 13.2. The quantitative estimate of drug-likeness (QED) is 0.627. The second kappa shape index (κ2) is 7.91. The molecule has 0 unspecified atom stereocenters. The monoisotopic (exact) mass is 416 g/mol. The summed E-state index contributed by atoms with van der Waals surface area (Å²) < 4.78 is 39.7. The molecule has 0 spiro atoms. The molecule has 156 valence electrons. The molecule has 9 heteroatoms. The van der Waals surface area contributed by atoms with E-state index in [0.29, 0.717) is 23.3 Å². The number of likely N-dealkylation sites (tertiary alicyclic amines) is 1. The van der Waals surface area contributed by atoms with Crippen molar-refractivity contribution < 1.29 is 23.1 Å². The highest BCUT2D eigenvalue weighted by atomic mass is 19.4. The maximum absolute atomic E-state index is 13.2. The van der Waals surface area contributed by atoms with Crippen molar-refractivity contribution >= 4 is 22.7 Å². The molecule has 1 aliphatic rings. The first-order chi connectivity index (χ1) is 14.3. The fourth-order valence-electron chi connectivity index (χ4n) is 3.53.